The molecule has 9 nitrogen and oxygen atoms in total. The number of aryl methyl sites for hydroxylation is 1. The van der Waals surface area contributed by atoms with Crippen molar-refractivity contribution in [2.75, 3.05) is 11.9 Å². The van der Waals surface area contributed by atoms with Gasteiger partial charge in [0.1, 0.15) is 5.82 Å². The topological polar surface area (TPSA) is 119 Å². The van der Waals surface area contributed by atoms with E-state index in [4.69, 9.17) is 4.74 Å². The quantitative estimate of drug-likeness (QED) is 0.509. The Hall–Kier alpha value is -4.01. The molecule has 0 aliphatic heterocycles. The molecule has 33 heavy (non-hydrogen) atoms. The van der Waals surface area contributed by atoms with Crippen LogP contribution in [0.15, 0.2) is 53.3 Å². The molecule has 4 rings (SSSR count). The molecule has 0 radical (unpaired) electrons. The molecule has 0 unspecified atom stereocenters. The first-order chi connectivity index (χ1) is 15.9. The van der Waals surface area contributed by atoms with E-state index < -0.39 is 18.5 Å². The van der Waals surface area contributed by atoms with Crippen molar-refractivity contribution in [1.82, 2.24) is 14.9 Å². The van der Waals surface area contributed by atoms with E-state index in [0.717, 1.165) is 12.8 Å². The summed E-state index contributed by atoms with van der Waals surface area (Å²) in [7, 11) is 1.60. The number of rotatable bonds is 8. The number of anilines is 1. The van der Waals surface area contributed by atoms with Crippen molar-refractivity contribution in [3.8, 4) is 0 Å². The van der Waals surface area contributed by atoms with Crippen molar-refractivity contribution in [3.05, 3.63) is 70.3 Å². The molecule has 1 saturated carbocycles. The van der Waals surface area contributed by atoms with Crippen molar-refractivity contribution >= 4 is 34.4 Å². The number of ether oxygens (including phenoxy) is 1. The van der Waals surface area contributed by atoms with Gasteiger partial charge >= 0.3 is 5.97 Å². The molecule has 1 heterocycles. The second-order valence-electron chi connectivity index (χ2n) is 7.91. The Morgan fingerprint density at radius 2 is 1.82 bits per heavy atom. The Morgan fingerprint density at radius 3 is 2.61 bits per heavy atom. The minimum absolute atomic E-state index is 0.0354. The Kier molecular flexibility index (Phi) is 6.48. The van der Waals surface area contributed by atoms with E-state index in [2.05, 4.69) is 15.6 Å². The summed E-state index contributed by atoms with van der Waals surface area (Å²) in [6, 6.07) is 13.9. The monoisotopic (exact) mass is 448 g/mol. The standard InChI is InChI=1S/C24H24N4O5/c1-28-20(26-19-9-5-3-7-17(19)24(28)32)12-13-22(30)33-14-21(29)27-18-8-4-2-6-16(18)23(31)25-15-10-11-15/h2-9,15H,10-14H2,1H3,(H,25,31)(H,27,29). The average molecular weight is 448 g/mol. The van der Waals surface area contributed by atoms with E-state index in [0.29, 0.717) is 28.0 Å². The Morgan fingerprint density at radius 1 is 1.09 bits per heavy atom. The zero-order valence-electron chi connectivity index (χ0n) is 18.2. The molecule has 0 atom stereocenters. The predicted octanol–water partition coefficient (Wildman–Crippen LogP) is 1.94. The first-order valence-electron chi connectivity index (χ1n) is 10.7. The van der Waals surface area contributed by atoms with Gasteiger partial charge in [-0.25, -0.2) is 4.98 Å². The van der Waals surface area contributed by atoms with E-state index in [1.807, 2.05) is 0 Å². The summed E-state index contributed by atoms with van der Waals surface area (Å²) in [5.41, 5.74) is 1.08. The van der Waals surface area contributed by atoms with Gasteiger partial charge in [-0.15, -0.1) is 0 Å². The fraction of sp³-hybridized carbons (Fsp3) is 0.292. The number of hydrogen-bond acceptors (Lipinski definition) is 6. The van der Waals surface area contributed by atoms with Crippen molar-refractivity contribution in [2.24, 2.45) is 7.05 Å². The summed E-state index contributed by atoms with van der Waals surface area (Å²) in [6.07, 6.45) is 2.08. The fourth-order valence-corrected chi connectivity index (χ4v) is 3.39. The lowest BCUT2D eigenvalue weighted by Crippen LogP contribution is -2.28. The molecule has 1 fully saturated rings. The van der Waals surface area contributed by atoms with Crippen LogP contribution in [-0.2, 0) is 27.8 Å². The summed E-state index contributed by atoms with van der Waals surface area (Å²) >= 11 is 0. The van der Waals surface area contributed by atoms with Gasteiger partial charge < -0.3 is 15.4 Å². The Balaban J connectivity index is 1.30. The normalized spacial score (nSPS) is 12.9. The van der Waals surface area contributed by atoms with Crippen molar-refractivity contribution in [1.29, 1.82) is 0 Å². The van der Waals surface area contributed by atoms with Crippen LogP contribution in [0.4, 0.5) is 5.69 Å². The highest BCUT2D eigenvalue weighted by Crippen LogP contribution is 2.21. The average Bonchev–Trinajstić information content (AvgIpc) is 3.63. The maximum atomic E-state index is 12.4. The number of esters is 1. The van der Waals surface area contributed by atoms with Crippen LogP contribution in [0.1, 0.15) is 35.4 Å². The third-order valence-electron chi connectivity index (χ3n) is 5.35. The lowest BCUT2D eigenvalue weighted by Gasteiger charge is -2.12. The maximum Gasteiger partial charge on any atom is 0.306 e. The van der Waals surface area contributed by atoms with Gasteiger partial charge in [-0.1, -0.05) is 24.3 Å². The molecule has 2 aromatic carbocycles. The van der Waals surface area contributed by atoms with Gasteiger partial charge in [-0.3, -0.25) is 23.7 Å². The van der Waals surface area contributed by atoms with Gasteiger partial charge in [0, 0.05) is 19.5 Å². The Bertz CT molecular complexity index is 1280. The summed E-state index contributed by atoms with van der Waals surface area (Å²) in [4.78, 5) is 53.7. The number of carbonyl (C=O) groups is 3. The molecule has 1 aromatic heterocycles. The smallest absolute Gasteiger partial charge is 0.306 e. The van der Waals surface area contributed by atoms with Gasteiger partial charge in [0.25, 0.3) is 17.4 Å². The number of benzene rings is 2. The number of fused-ring (bicyclic) bond motifs is 1. The minimum Gasteiger partial charge on any atom is -0.456 e. The highest BCUT2D eigenvalue weighted by Gasteiger charge is 2.25. The SMILES string of the molecule is Cn1c(CCC(=O)OCC(=O)Nc2ccccc2C(=O)NC2CC2)nc2ccccc2c1=O. The van der Waals surface area contributed by atoms with Crippen molar-refractivity contribution < 1.29 is 19.1 Å². The molecule has 0 spiro atoms. The van der Waals surface area contributed by atoms with Gasteiger partial charge in [0.05, 0.1) is 28.6 Å². The van der Waals surface area contributed by atoms with Crippen LogP contribution in [-0.4, -0.2) is 40.0 Å². The van der Waals surface area contributed by atoms with Crippen LogP contribution < -0.4 is 16.2 Å². The van der Waals surface area contributed by atoms with Crippen LogP contribution in [0.3, 0.4) is 0 Å². The van der Waals surface area contributed by atoms with E-state index in [-0.39, 0.29) is 30.3 Å². The number of amides is 2. The number of aromatic nitrogens is 2. The predicted molar refractivity (Wildman–Crippen MR) is 122 cm³/mol. The number of carbonyl (C=O) groups excluding carboxylic acids is 3. The van der Waals surface area contributed by atoms with Gasteiger partial charge in [-0.2, -0.15) is 0 Å². The third kappa shape index (κ3) is 5.43. The third-order valence-corrected chi connectivity index (χ3v) is 5.35. The van der Waals surface area contributed by atoms with Gasteiger partial charge in [-0.05, 0) is 37.1 Å². The van der Waals surface area contributed by atoms with E-state index >= 15 is 0 Å². The molecule has 2 amide bonds. The summed E-state index contributed by atoms with van der Waals surface area (Å²) < 4.78 is 6.47. The van der Waals surface area contributed by atoms with Crippen LogP contribution >= 0.6 is 0 Å². The second-order valence-corrected chi connectivity index (χ2v) is 7.91. The zero-order valence-corrected chi connectivity index (χ0v) is 18.2. The second kappa shape index (κ2) is 9.64. The highest BCUT2D eigenvalue weighted by molar-refractivity contribution is 6.04. The minimum atomic E-state index is -0.590. The van der Waals surface area contributed by atoms with Crippen LogP contribution in [0, 0.1) is 0 Å². The molecular weight excluding hydrogens is 424 g/mol. The number of para-hydroxylation sites is 2. The molecular formula is C24H24N4O5. The largest absolute Gasteiger partial charge is 0.456 e. The summed E-state index contributed by atoms with van der Waals surface area (Å²) in [5.74, 6) is -0.937. The van der Waals surface area contributed by atoms with Crippen LogP contribution in [0.2, 0.25) is 0 Å². The molecule has 0 bridgehead atoms. The lowest BCUT2D eigenvalue weighted by atomic mass is 10.1. The van der Waals surface area contributed by atoms with Crippen LogP contribution in [0.5, 0.6) is 0 Å². The summed E-state index contributed by atoms with van der Waals surface area (Å²) in [5, 5.41) is 6.00. The van der Waals surface area contributed by atoms with E-state index in [9.17, 15) is 19.2 Å². The molecule has 1 aliphatic rings. The molecule has 2 N–H and O–H groups in total. The number of nitrogens with one attached hydrogen (secondary N) is 2. The summed E-state index contributed by atoms with van der Waals surface area (Å²) in [6.45, 7) is -0.485. The first-order valence-corrected chi connectivity index (χ1v) is 10.7. The van der Waals surface area contributed by atoms with E-state index in [1.165, 1.54) is 4.57 Å². The Labute approximate surface area is 189 Å². The van der Waals surface area contributed by atoms with Crippen LogP contribution in [0.25, 0.3) is 10.9 Å². The molecule has 170 valence electrons. The molecule has 3 aromatic rings. The van der Waals surface area contributed by atoms with E-state index in [1.54, 1.807) is 55.6 Å². The molecule has 0 saturated heterocycles. The molecule has 1 aliphatic carbocycles. The number of hydrogen-bond donors (Lipinski definition) is 2. The lowest BCUT2D eigenvalue weighted by molar-refractivity contribution is -0.147. The fourth-order valence-electron chi connectivity index (χ4n) is 3.39. The molecule has 9 heteroatoms. The zero-order chi connectivity index (χ0) is 23.4. The number of nitrogens with zero attached hydrogens (tertiary/aromatic N) is 2. The first kappa shape index (κ1) is 22.2. The van der Waals surface area contributed by atoms with Crippen molar-refractivity contribution in [3.63, 3.8) is 0 Å². The van der Waals surface area contributed by atoms with Gasteiger partial charge in [0.2, 0.25) is 0 Å². The maximum absolute atomic E-state index is 12.4. The van der Waals surface area contributed by atoms with Gasteiger partial charge in [0.15, 0.2) is 6.61 Å². The van der Waals surface area contributed by atoms with Crippen molar-refractivity contribution in [2.45, 2.75) is 31.7 Å². The highest BCUT2D eigenvalue weighted by atomic mass is 16.5.